The number of hydrogen-bond acceptors (Lipinski definition) is 2. The molecule has 24 heavy (non-hydrogen) atoms. The van der Waals surface area contributed by atoms with Crippen LogP contribution >= 0.6 is 0 Å². The Balaban J connectivity index is 0.000000141. The molecule has 0 saturated heterocycles. The maximum Gasteiger partial charge on any atom is 0.0896 e. The fourth-order valence-electron chi connectivity index (χ4n) is 3.99. The summed E-state index contributed by atoms with van der Waals surface area (Å²) in [4.78, 5) is 0. The van der Waals surface area contributed by atoms with Crippen LogP contribution in [0.15, 0.2) is 60.7 Å². The lowest BCUT2D eigenvalue weighted by Gasteiger charge is -2.22. The Labute approximate surface area is 145 Å². The minimum atomic E-state index is -0.513. The Morgan fingerprint density at radius 3 is 1.08 bits per heavy atom. The molecule has 2 N–H and O–H groups in total. The summed E-state index contributed by atoms with van der Waals surface area (Å²) in [6.07, 6.45) is 8.34. The lowest BCUT2D eigenvalue weighted by Crippen LogP contribution is -2.20. The van der Waals surface area contributed by atoms with Crippen LogP contribution in [0.3, 0.4) is 0 Å². The van der Waals surface area contributed by atoms with Crippen LogP contribution in [0.4, 0.5) is 0 Å². The highest BCUT2D eigenvalue weighted by Gasteiger charge is 2.33. The van der Waals surface area contributed by atoms with Gasteiger partial charge in [0.25, 0.3) is 0 Å². The van der Waals surface area contributed by atoms with Crippen LogP contribution in [0.25, 0.3) is 0 Å². The molecule has 2 aliphatic carbocycles. The van der Waals surface area contributed by atoms with Crippen molar-refractivity contribution in [2.45, 2.75) is 62.6 Å². The highest BCUT2D eigenvalue weighted by Crippen LogP contribution is 2.38. The van der Waals surface area contributed by atoms with E-state index < -0.39 is 11.2 Å². The third-order valence-electron chi connectivity index (χ3n) is 5.48. The van der Waals surface area contributed by atoms with Gasteiger partial charge in [0.2, 0.25) is 0 Å². The molecular formula is C22H28O2. The van der Waals surface area contributed by atoms with Crippen molar-refractivity contribution in [1.82, 2.24) is 0 Å². The monoisotopic (exact) mass is 324 g/mol. The van der Waals surface area contributed by atoms with Crippen LogP contribution in [-0.2, 0) is 11.2 Å². The van der Waals surface area contributed by atoms with E-state index in [1.807, 2.05) is 60.7 Å². The molecule has 2 aromatic carbocycles. The van der Waals surface area contributed by atoms with Crippen molar-refractivity contribution in [3.05, 3.63) is 71.8 Å². The molecule has 2 heteroatoms. The summed E-state index contributed by atoms with van der Waals surface area (Å²) < 4.78 is 0. The van der Waals surface area contributed by atoms with E-state index in [0.29, 0.717) is 0 Å². The fourth-order valence-corrected chi connectivity index (χ4v) is 3.99. The second kappa shape index (κ2) is 7.50. The Morgan fingerprint density at radius 1 is 0.500 bits per heavy atom. The van der Waals surface area contributed by atoms with Gasteiger partial charge in [0, 0.05) is 0 Å². The molecule has 2 aliphatic rings. The Morgan fingerprint density at radius 2 is 0.792 bits per heavy atom. The maximum absolute atomic E-state index is 10.2. The van der Waals surface area contributed by atoms with Gasteiger partial charge in [-0.2, -0.15) is 0 Å². The molecule has 0 spiro atoms. The molecule has 128 valence electrons. The third kappa shape index (κ3) is 3.88. The smallest absolute Gasteiger partial charge is 0.0896 e. The van der Waals surface area contributed by atoms with E-state index in [4.69, 9.17) is 0 Å². The van der Waals surface area contributed by atoms with Crippen LogP contribution in [0.2, 0.25) is 0 Å². The first-order valence-corrected chi connectivity index (χ1v) is 9.18. The van der Waals surface area contributed by atoms with Crippen LogP contribution in [0, 0.1) is 0 Å². The van der Waals surface area contributed by atoms with Gasteiger partial charge >= 0.3 is 0 Å². The lowest BCUT2D eigenvalue weighted by atomic mass is 9.92. The first-order chi connectivity index (χ1) is 11.6. The van der Waals surface area contributed by atoms with E-state index in [1.165, 1.54) is 0 Å². The average molecular weight is 324 g/mol. The molecule has 2 nitrogen and oxygen atoms in total. The van der Waals surface area contributed by atoms with Crippen molar-refractivity contribution in [3.63, 3.8) is 0 Å². The van der Waals surface area contributed by atoms with Crippen molar-refractivity contribution in [3.8, 4) is 0 Å². The molecule has 2 fully saturated rings. The number of aliphatic hydroxyl groups is 2. The SMILES string of the molecule is OC1(c2ccccc2)CCCC1.OC1(c2ccccc2)CCCC1. The standard InChI is InChI=1S/2C11H14O/c2*12-11(8-4-5-9-11)10-6-2-1-3-7-10/h2*1-3,6-7,12H,4-5,8-9H2. The topological polar surface area (TPSA) is 40.5 Å². The van der Waals surface area contributed by atoms with E-state index in [9.17, 15) is 10.2 Å². The van der Waals surface area contributed by atoms with Crippen molar-refractivity contribution < 1.29 is 10.2 Å². The molecular weight excluding hydrogens is 296 g/mol. The molecule has 0 aromatic heterocycles. The quantitative estimate of drug-likeness (QED) is 0.825. The minimum absolute atomic E-state index is 0.513. The summed E-state index contributed by atoms with van der Waals surface area (Å²) in [7, 11) is 0. The van der Waals surface area contributed by atoms with Crippen molar-refractivity contribution >= 4 is 0 Å². The van der Waals surface area contributed by atoms with Crippen molar-refractivity contribution in [1.29, 1.82) is 0 Å². The largest absolute Gasteiger partial charge is 0.385 e. The Hall–Kier alpha value is -1.64. The number of hydrogen-bond donors (Lipinski definition) is 2. The highest BCUT2D eigenvalue weighted by molar-refractivity contribution is 5.23. The first kappa shape index (κ1) is 17.2. The van der Waals surface area contributed by atoms with Gasteiger partial charge < -0.3 is 10.2 Å². The molecule has 4 rings (SSSR count). The molecule has 0 unspecified atom stereocenters. The molecule has 0 atom stereocenters. The molecule has 0 heterocycles. The Bertz CT molecular complexity index is 551. The van der Waals surface area contributed by atoms with Crippen molar-refractivity contribution in [2.75, 3.05) is 0 Å². The summed E-state index contributed by atoms with van der Waals surface area (Å²) in [5, 5.41) is 20.3. The zero-order valence-electron chi connectivity index (χ0n) is 14.3. The second-order valence-electron chi connectivity index (χ2n) is 7.21. The van der Waals surface area contributed by atoms with Crippen LogP contribution < -0.4 is 0 Å². The lowest BCUT2D eigenvalue weighted by molar-refractivity contribution is 0.0441. The highest BCUT2D eigenvalue weighted by atomic mass is 16.3. The first-order valence-electron chi connectivity index (χ1n) is 9.18. The number of rotatable bonds is 2. The predicted molar refractivity (Wildman–Crippen MR) is 97.6 cm³/mol. The van der Waals surface area contributed by atoms with Gasteiger partial charge in [-0.05, 0) is 36.8 Å². The average Bonchev–Trinajstić information content (AvgIpc) is 3.28. The summed E-state index contributed by atoms with van der Waals surface area (Å²) in [5.74, 6) is 0. The zero-order chi connectivity index (χ0) is 16.9. The van der Waals surface area contributed by atoms with E-state index in [0.717, 1.165) is 62.5 Å². The van der Waals surface area contributed by atoms with Gasteiger partial charge in [-0.15, -0.1) is 0 Å². The summed E-state index contributed by atoms with van der Waals surface area (Å²) >= 11 is 0. The van der Waals surface area contributed by atoms with Gasteiger partial charge in [-0.3, -0.25) is 0 Å². The summed E-state index contributed by atoms with van der Waals surface area (Å²) in [6, 6.07) is 20.0. The van der Waals surface area contributed by atoms with Gasteiger partial charge in [0.1, 0.15) is 0 Å². The second-order valence-corrected chi connectivity index (χ2v) is 7.21. The van der Waals surface area contributed by atoms with Gasteiger partial charge in [-0.1, -0.05) is 86.3 Å². The molecule has 0 aliphatic heterocycles. The summed E-state index contributed by atoms with van der Waals surface area (Å²) in [5.41, 5.74) is 1.15. The third-order valence-corrected chi connectivity index (χ3v) is 5.48. The predicted octanol–water partition coefficient (Wildman–Crippen LogP) is 4.90. The molecule has 2 aromatic rings. The molecule has 0 radical (unpaired) electrons. The molecule has 0 bridgehead atoms. The normalized spacial score (nSPS) is 21.1. The van der Waals surface area contributed by atoms with Crippen LogP contribution in [-0.4, -0.2) is 10.2 Å². The molecule has 0 amide bonds. The fraction of sp³-hybridized carbons (Fsp3) is 0.455. The molecule has 2 saturated carbocycles. The Kier molecular flexibility index (Phi) is 5.37. The number of benzene rings is 2. The van der Waals surface area contributed by atoms with Gasteiger partial charge in [0.15, 0.2) is 0 Å². The zero-order valence-corrected chi connectivity index (χ0v) is 14.3. The van der Waals surface area contributed by atoms with Gasteiger partial charge in [0.05, 0.1) is 11.2 Å². The van der Waals surface area contributed by atoms with E-state index in [-0.39, 0.29) is 0 Å². The van der Waals surface area contributed by atoms with E-state index in [1.54, 1.807) is 0 Å². The van der Waals surface area contributed by atoms with E-state index in [2.05, 4.69) is 0 Å². The summed E-state index contributed by atoms with van der Waals surface area (Å²) in [6.45, 7) is 0. The van der Waals surface area contributed by atoms with Crippen molar-refractivity contribution in [2.24, 2.45) is 0 Å². The minimum Gasteiger partial charge on any atom is -0.385 e. The maximum atomic E-state index is 10.2. The van der Waals surface area contributed by atoms with Crippen LogP contribution in [0.1, 0.15) is 62.5 Å². The van der Waals surface area contributed by atoms with E-state index >= 15 is 0 Å². The van der Waals surface area contributed by atoms with Crippen LogP contribution in [0.5, 0.6) is 0 Å². The van der Waals surface area contributed by atoms with Gasteiger partial charge in [-0.25, -0.2) is 0 Å².